The van der Waals surface area contributed by atoms with Gasteiger partial charge in [0.15, 0.2) is 0 Å². The normalized spacial score (nSPS) is 9.81. The molecule has 1 N–H and O–H groups in total. The summed E-state index contributed by atoms with van der Waals surface area (Å²) < 4.78 is 0. The number of hydrogen-bond donors (Lipinski definition) is 1. The maximum absolute atomic E-state index is 10.1. The van der Waals surface area contributed by atoms with Gasteiger partial charge in [-0.25, -0.2) is 0 Å². The van der Waals surface area contributed by atoms with Gasteiger partial charge in [0, 0.05) is 12.6 Å². The molecule has 3 nitrogen and oxygen atoms in total. The van der Waals surface area contributed by atoms with Crippen LogP contribution in [0.2, 0.25) is 0 Å². The van der Waals surface area contributed by atoms with Gasteiger partial charge in [-0.05, 0) is 19.3 Å². The molecule has 0 aromatic heterocycles. The van der Waals surface area contributed by atoms with E-state index in [0.717, 1.165) is 32.1 Å². The predicted molar refractivity (Wildman–Crippen MR) is 58.3 cm³/mol. The van der Waals surface area contributed by atoms with E-state index in [2.05, 4.69) is 0 Å². The molecule has 16 heavy (non-hydrogen) atoms. The van der Waals surface area contributed by atoms with Crippen molar-refractivity contribution in [2.45, 2.75) is 64.2 Å². The second kappa shape index (κ2) is 16.5. The first-order valence-corrected chi connectivity index (χ1v) is 6.08. The summed E-state index contributed by atoms with van der Waals surface area (Å²) in [5, 5.41) is 18.7. The summed E-state index contributed by atoms with van der Waals surface area (Å²) in [7, 11) is 0. The maximum atomic E-state index is 10.1. The molecule has 0 heterocycles. The van der Waals surface area contributed by atoms with Gasteiger partial charge in [0.05, 0.1) is 0 Å². The Balaban J connectivity index is 0. The Kier molecular flexibility index (Phi) is 20.4. The Hall–Kier alpha value is 1.48. The molecule has 0 aliphatic rings. The van der Waals surface area contributed by atoms with Crippen molar-refractivity contribution < 1.29 is 83.9 Å². The first-order valence-electron chi connectivity index (χ1n) is 6.08. The maximum Gasteiger partial charge on any atom is 1.00 e. The van der Waals surface area contributed by atoms with Crippen LogP contribution < -0.4 is 74.0 Å². The molecule has 0 rings (SSSR count). The fourth-order valence-corrected chi connectivity index (χ4v) is 1.62. The number of aliphatic hydroxyl groups excluding tert-OH is 1. The molecule has 0 amide bonds. The van der Waals surface area contributed by atoms with Gasteiger partial charge in [0.1, 0.15) is 0 Å². The number of hydrogen-bond acceptors (Lipinski definition) is 3. The molecule has 0 aromatic carbocycles. The van der Waals surface area contributed by atoms with E-state index in [1.54, 1.807) is 0 Å². The van der Waals surface area contributed by atoms with Crippen molar-refractivity contribution in [2.24, 2.45) is 0 Å². The topological polar surface area (TPSA) is 60.4 Å². The Morgan fingerprint density at radius 2 is 1.19 bits per heavy atom. The number of unbranched alkanes of at least 4 members (excludes halogenated alkanes) is 8. The van der Waals surface area contributed by atoms with Gasteiger partial charge in [-0.15, -0.1) is 0 Å². The smallest absolute Gasteiger partial charge is 0.550 e. The van der Waals surface area contributed by atoms with Gasteiger partial charge in [-0.2, -0.15) is 0 Å². The fraction of sp³-hybridized carbons (Fsp3) is 0.917. The molecular formula is C12H23CsO3. The monoisotopic (exact) mass is 348 g/mol. The zero-order valence-electron chi connectivity index (χ0n) is 10.5. The molecule has 0 aliphatic carbocycles. The molecule has 90 valence electrons. The van der Waals surface area contributed by atoms with Gasteiger partial charge in [-0.3, -0.25) is 0 Å². The summed E-state index contributed by atoms with van der Waals surface area (Å²) in [5.74, 6) is -0.931. The molecule has 0 bridgehead atoms. The zero-order valence-corrected chi connectivity index (χ0v) is 16.8. The molecule has 0 unspecified atom stereocenters. The molecular weight excluding hydrogens is 325 g/mol. The minimum Gasteiger partial charge on any atom is -0.550 e. The van der Waals surface area contributed by atoms with Crippen molar-refractivity contribution in [3.05, 3.63) is 0 Å². The van der Waals surface area contributed by atoms with Gasteiger partial charge in [-0.1, -0.05) is 44.9 Å². The molecule has 0 saturated carbocycles. The molecule has 0 aromatic rings. The summed E-state index contributed by atoms with van der Waals surface area (Å²) in [5.41, 5.74) is 0. The minimum atomic E-state index is -0.931. The third-order valence-corrected chi connectivity index (χ3v) is 2.54. The van der Waals surface area contributed by atoms with Crippen LogP contribution in [0.5, 0.6) is 0 Å². The Bertz CT molecular complexity index is 151. The van der Waals surface area contributed by atoms with E-state index in [0.29, 0.717) is 6.61 Å². The molecule has 0 aliphatic heterocycles. The third kappa shape index (κ3) is 17.9. The van der Waals surface area contributed by atoms with Crippen LogP contribution in [0.4, 0.5) is 0 Å². The summed E-state index contributed by atoms with van der Waals surface area (Å²) in [4.78, 5) is 10.1. The van der Waals surface area contributed by atoms with Gasteiger partial charge < -0.3 is 15.0 Å². The summed E-state index contributed by atoms with van der Waals surface area (Å²) in [6.07, 6.45) is 10.0. The second-order valence-corrected chi connectivity index (χ2v) is 4.03. The number of carbonyl (C=O) groups excluding carboxylic acids is 1. The van der Waals surface area contributed by atoms with Crippen LogP contribution >= 0.6 is 0 Å². The van der Waals surface area contributed by atoms with Crippen molar-refractivity contribution in [1.82, 2.24) is 0 Å². The van der Waals surface area contributed by atoms with Crippen molar-refractivity contribution in [3.63, 3.8) is 0 Å². The van der Waals surface area contributed by atoms with Crippen LogP contribution in [-0.2, 0) is 4.79 Å². The largest absolute Gasteiger partial charge is 1.00 e. The van der Waals surface area contributed by atoms with Crippen molar-refractivity contribution in [1.29, 1.82) is 0 Å². The number of carbonyl (C=O) groups is 1. The molecule has 0 radical (unpaired) electrons. The molecule has 0 spiro atoms. The van der Waals surface area contributed by atoms with E-state index in [-0.39, 0.29) is 75.3 Å². The van der Waals surface area contributed by atoms with Gasteiger partial charge in [0.2, 0.25) is 0 Å². The number of carboxylic acids is 1. The molecule has 0 fully saturated rings. The molecule has 0 saturated heterocycles. The first-order chi connectivity index (χ1) is 7.27. The standard InChI is InChI=1S/C12H24O3.Cs/c13-11-9-7-5-3-1-2-4-6-8-10-12(14)15;/h13H,1-11H2,(H,14,15);/q;+1/p-1. The van der Waals surface area contributed by atoms with E-state index in [1.807, 2.05) is 0 Å². The Morgan fingerprint density at radius 3 is 1.56 bits per heavy atom. The zero-order chi connectivity index (χ0) is 11.4. The van der Waals surface area contributed by atoms with Crippen molar-refractivity contribution >= 4 is 5.97 Å². The first kappa shape index (κ1) is 19.8. The van der Waals surface area contributed by atoms with E-state index in [4.69, 9.17) is 5.11 Å². The van der Waals surface area contributed by atoms with E-state index < -0.39 is 5.97 Å². The van der Waals surface area contributed by atoms with Crippen LogP contribution in [0.3, 0.4) is 0 Å². The fourth-order valence-electron chi connectivity index (χ4n) is 1.62. The Morgan fingerprint density at radius 1 is 0.812 bits per heavy atom. The summed E-state index contributed by atoms with van der Waals surface area (Å²) >= 11 is 0. The van der Waals surface area contributed by atoms with Gasteiger partial charge >= 0.3 is 68.9 Å². The van der Waals surface area contributed by atoms with E-state index >= 15 is 0 Å². The average Bonchev–Trinajstić information content (AvgIpc) is 2.20. The van der Waals surface area contributed by atoms with Crippen LogP contribution in [0, 0.1) is 0 Å². The third-order valence-electron chi connectivity index (χ3n) is 2.54. The number of aliphatic hydroxyl groups is 1. The number of rotatable bonds is 11. The predicted octanol–water partition coefficient (Wildman–Crippen LogP) is -1.37. The minimum absolute atomic E-state index is 0. The van der Waals surface area contributed by atoms with E-state index in [9.17, 15) is 9.90 Å². The quantitative estimate of drug-likeness (QED) is 0.469. The number of aliphatic carboxylic acids is 1. The summed E-state index contributed by atoms with van der Waals surface area (Å²) in [6, 6.07) is 0. The van der Waals surface area contributed by atoms with E-state index in [1.165, 1.54) is 25.7 Å². The van der Waals surface area contributed by atoms with Crippen LogP contribution in [-0.4, -0.2) is 17.7 Å². The van der Waals surface area contributed by atoms with Crippen LogP contribution in [0.25, 0.3) is 0 Å². The van der Waals surface area contributed by atoms with Crippen molar-refractivity contribution in [3.8, 4) is 0 Å². The molecule has 0 atom stereocenters. The Labute approximate surface area is 158 Å². The van der Waals surface area contributed by atoms with Crippen molar-refractivity contribution in [2.75, 3.05) is 6.61 Å². The molecule has 4 heteroatoms. The number of carboxylic acid groups (broad SMARTS) is 1. The van der Waals surface area contributed by atoms with Crippen LogP contribution in [0.15, 0.2) is 0 Å². The second-order valence-electron chi connectivity index (χ2n) is 4.03. The van der Waals surface area contributed by atoms with Gasteiger partial charge in [0.25, 0.3) is 0 Å². The average molecular weight is 348 g/mol. The van der Waals surface area contributed by atoms with Crippen LogP contribution in [0.1, 0.15) is 64.2 Å². The SMILES string of the molecule is O=C([O-])CCCCCCCCCCCO.[Cs+]. The summed E-state index contributed by atoms with van der Waals surface area (Å²) in [6.45, 7) is 0.309.